The van der Waals surface area contributed by atoms with Crippen molar-refractivity contribution in [3.8, 4) is 5.75 Å². The molecule has 0 spiro atoms. The number of rotatable bonds is 8. The normalized spacial score (nSPS) is 10.1. The van der Waals surface area contributed by atoms with Crippen LogP contribution < -0.4 is 15.4 Å². The Labute approximate surface area is 109 Å². The first-order valence-corrected chi connectivity index (χ1v) is 6.45. The molecular formula is C14H22N2O2. The molecule has 0 radical (unpaired) electrons. The van der Waals surface area contributed by atoms with Crippen LogP contribution in [0.2, 0.25) is 0 Å². The van der Waals surface area contributed by atoms with Gasteiger partial charge >= 0.3 is 0 Å². The molecule has 1 aromatic rings. The van der Waals surface area contributed by atoms with Gasteiger partial charge in [0.15, 0.2) is 0 Å². The average molecular weight is 250 g/mol. The molecule has 0 aliphatic carbocycles. The minimum Gasteiger partial charge on any atom is -0.494 e. The second kappa shape index (κ2) is 8.53. The second-order valence-corrected chi connectivity index (χ2v) is 3.96. The summed E-state index contributed by atoms with van der Waals surface area (Å²) in [5.74, 6) is 0.894. The van der Waals surface area contributed by atoms with Crippen molar-refractivity contribution in [3.63, 3.8) is 0 Å². The first kappa shape index (κ1) is 14.5. The lowest BCUT2D eigenvalue weighted by atomic mass is 10.1. The summed E-state index contributed by atoms with van der Waals surface area (Å²) in [4.78, 5) is 11.6. The summed E-state index contributed by atoms with van der Waals surface area (Å²) >= 11 is 0. The monoisotopic (exact) mass is 250 g/mol. The van der Waals surface area contributed by atoms with Crippen molar-refractivity contribution in [3.05, 3.63) is 29.8 Å². The molecule has 18 heavy (non-hydrogen) atoms. The van der Waals surface area contributed by atoms with E-state index in [2.05, 4.69) is 10.6 Å². The molecule has 4 heteroatoms. The highest BCUT2D eigenvalue weighted by molar-refractivity contribution is 5.78. The van der Waals surface area contributed by atoms with Gasteiger partial charge in [-0.15, -0.1) is 0 Å². The van der Waals surface area contributed by atoms with E-state index in [1.165, 1.54) is 0 Å². The Morgan fingerprint density at radius 1 is 1.17 bits per heavy atom. The van der Waals surface area contributed by atoms with Gasteiger partial charge in [-0.3, -0.25) is 4.79 Å². The number of hydrogen-bond donors (Lipinski definition) is 2. The zero-order valence-corrected chi connectivity index (χ0v) is 11.2. The van der Waals surface area contributed by atoms with E-state index in [0.29, 0.717) is 19.6 Å². The number of carbonyl (C=O) groups excluding carboxylic acids is 1. The van der Waals surface area contributed by atoms with Gasteiger partial charge in [0, 0.05) is 13.1 Å². The van der Waals surface area contributed by atoms with Gasteiger partial charge in [-0.1, -0.05) is 19.1 Å². The summed E-state index contributed by atoms with van der Waals surface area (Å²) < 4.78 is 5.35. The highest BCUT2D eigenvalue weighted by Gasteiger charge is 2.02. The molecule has 0 aliphatic rings. The third kappa shape index (κ3) is 5.68. The van der Waals surface area contributed by atoms with E-state index in [0.717, 1.165) is 24.4 Å². The number of ether oxygens (including phenoxy) is 1. The molecule has 0 atom stereocenters. The summed E-state index contributed by atoms with van der Waals surface area (Å²) in [7, 11) is 0. The van der Waals surface area contributed by atoms with Gasteiger partial charge in [0.05, 0.1) is 13.0 Å². The molecule has 0 aliphatic heterocycles. The molecule has 0 unspecified atom stereocenters. The molecule has 0 saturated heterocycles. The number of carbonyl (C=O) groups is 1. The van der Waals surface area contributed by atoms with E-state index in [1.807, 2.05) is 38.1 Å². The minimum absolute atomic E-state index is 0.0528. The molecule has 0 fully saturated rings. The smallest absolute Gasteiger partial charge is 0.224 e. The molecule has 1 aromatic carbocycles. The van der Waals surface area contributed by atoms with Crippen LogP contribution >= 0.6 is 0 Å². The Morgan fingerprint density at radius 3 is 2.50 bits per heavy atom. The van der Waals surface area contributed by atoms with Gasteiger partial charge in [0.2, 0.25) is 5.91 Å². The Kier molecular flexibility index (Phi) is 6.87. The molecule has 2 N–H and O–H groups in total. The van der Waals surface area contributed by atoms with Crippen LogP contribution in [0.4, 0.5) is 0 Å². The van der Waals surface area contributed by atoms with Crippen molar-refractivity contribution in [2.45, 2.75) is 20.3 Å². The van der Waals surface area contributed by atoms with Gasteiger partial charge < -0.3 is 15.4 Å². The Hall–Kier alpha value is -1.55. The zero-order chi connectivity index (χ0) is 13.2. The van der Waals surface area contributed by atoms with Gasteiger partial charge in [-0.25, -0.2) is 0 Å². The van der Waals surface area contributed by atoms with Crippen molar-refractivity contribution in [1.82, 2.24) is 10.6 Å². The van der Waals surface area contributed by atoms with Crippen LogP contribution in [0, 0.1) is 0 Å². The molecule has 4 nitrogen and oxygen atoms in total. The summed E-state index contributed by atoms with van der Waals surface area (Å²) in [6, 6.07) is 7.64. The van der Waals surface area contributed by atoms with Gasteiger partial charge in [-0.2, -0.15) is 0 Å². The predicted molar refractivity (Wildman–Crippen MR) is 72.9 cm³/mol. The summed E-state index contributed by atoms with van der Waals surface area (Å²) in [5.41, 5.74) is 0.999. The largest absolute Gasteiger partial charge is 0.494 e. The maximum Gasteiger partial charge on any atom is 0.224 e. The zero-order valence-electron chi connectivity index (χ0n) is 11.2. The summed E-state index contributed by atoms with van der Waals surface area (Å²) in [6.45, 7) is 7.06. The highest BCUT2D eigenvalue weighted by Crippen LogP contribution is 2.12. The SMILES string of the molecule is CCNCCNC(=O)Cc1ccc(OCC)cc1. The lowest BCUT2D eigenvalue weighted by Crippen LogP contribution is -2.32. The maximum atomic E-state index is 11.6. The first-order chi connectivity index (χ1) is 8.76. The number of benzene rings is 1. The van der Waals surface area contributed by atoms with E-state index in [9.17, 15) is 4.79 Å². The van der Waals surface area contributed by atoms with Crippen molar-refractivity contribution < 1.29 is 9.53 Å². The highest BCUT2D eigenvalue weighted by atomic mass is 16.5. The topological polar surface area (TPSA) is 50.4 Å². The van der Waals surface area contributed by atoms with Crippen LogP contribution in [0.5, 0.6) is 5.75 Å². The number of nitrogens with one attached hydrogen (secondary N) is 2. The molecule has 1 rings (SSSR count). The molecule has 0 bridgehead atoms. The fourth-order valence-electron chi connectivity index (χ4n) is 1.59. The van der Waals surface area contributed by atoms with Crippen molar-refractivity contribution in [2.75, 3.05) is 26.2 Å². The van der Waals surface area contributed by atoms with Crippen LogP contribution in [0.25, 0.3) is 0 Å². The van der Waals surface area contributed by atoms with E-state index in [4.69, 9.17) is 4.74 Å². The fraction of sp³-hybridized carbons (Fsp3) is 0.500. The summed E-state index contributed by atoms with van der Waals surface area (Å²) in [5, 5.41) is 6.03. The Bertz CT molecular complexity index is 349. The Balaban J connectivity index is 2.30. The van der Waals surface area contributed by atoms with Gasteiger partial charge in [-0.05, 0) is 31.2 Å². The standard InChI is InChI=1S/C14H22N2O2/c1-3-15-9-10-16-14(17)11-12-5-7-13(8-6-12)18-4-2/h5-8,15H,3-4,9-11H2,1-2H3,(H,16,17). The predicted octanol–water partition coefficient (Wildman–Crippen LogP) is 1.35. The van der Waals surface area contributed by atoms with Crippen molar-refractivity contribution in [1.29, 1.82) is 0 Å². The van der Waals surface area contributed by atoms with Crippen LogP contribution in [0.3, 0.4) is 0 Å². The molecular weight excluding hydrogens is 228 g/mol. The lowest BCUT2D eigenvalue weighted by Gasteiger charge is -2.07. The van der Waals surface area contributed by atoms with E-state index in [1.54, 1.807) is 0 Å². The van der Waals surface area contributed by atoms with Crippen molar-refractivity contribution in [2.24, 2.45) is 0 Å². The van der Waals surface area contributed by atoms with Crippen LogP contribution in [-0.4, -0.2) is 32.1 Å². The number of hydrogen-bond acceptors (Lipinski definition) is 3. The minimum atomic E-state index is 0.0528. The van der Waals surface area contributed by atoms with Gasteiger partial charge in [0.1, 0.15) is 5.75 Å². The average Bonchev–Trinajstić information content (AvgIpc) is 2.37. The number of likely N-dealkylation sites (N-methyl/N-ethyl adjacent to an activating group) is 1. The quantitative estimate of drug-likeness (QED) is 0.685. The second-order valence-electron chi connectivity index (χ2n) is 3.96. The molecule has 0 saturated carbocycles. The fourth-order valence-corrected chi connectivity index (χ4v) is 1.59. The van der Waals surface area contributed by atoms with Crippen LogP contribution in [0.1, 0.15) is 19.4 Å². The third-order valence-corrected chi connectivity index (χ3v) is 2.47. The number of amides is 1. The van der Waals surface area contributed by atoms with E-state index in [-0.39, 0.29) is 5.91 Å². The van der Waals surface area contributed by atoms with Crippen LogP contribution in [-0.2, 0) is 11.2 Å². The lowest BCUT2D eigenvalue weighted by molar-refractivity contribution is -0.120. The molecule has 1 amide bonds. The molecule has 0 heterocycles. The first-order valence-electron chi connectivity index (χ1n) is 6.45. The Morgan fingerprint density at radius 2 is 1.89 bits per heavy atom. The summed E-state index contributed by atoms with van der Waals surface area (Å²) in [6.07, 6.45) is 0.415. The van der Waals surface area contributed by atoms with Gasteiger partial charge in [0.25, 0.3) is 0 Å². The van der Waals surface area contributed by atoms with E-state index < -0.39 is 0 Å². The molecule has 100 valence electrons. The maximum absolute atomic E-state index is 11.6. The molecule has 0 aromatic heterocycles. The van der Waals surface area contributed by atoms with E-state index >= 15 is 0 Å². The third-order valence-electron chi connectivity index (χ3n) is 2.47. The van der Waals surface area contributed by atoms with Crippen molar-refractivity contribution >= 4 is 5.91 Å². The van der Waals surface area contributed by atoms with Crippen LogP contribution in [0.15, 0.2) is 24.3 Å².